The highest BCUT2D eigenvalue weighted by Gasteiger charge is 2.70. The first kappa shape index (κ1) is 26.4. The van der Waals surface area contributed by atoms with Crippen molar-refractivity contribution in [2.75, 3.05) is 7.05 Å². The first-order chi connectivity index (χ1) is 16.5. The van der Waals surface area contributed by atoms with Crippen LogP contribution in [-0.2, 0) is 9.59 Å². The quantitative estimate of drug-likeness (QED) is 0.336. The summed E-state index contributed by atoms with van der Waals surface area (Å²) in [5.41, 5.74) is 7.33. The first-order valence-corrected chi connectivity index (χ1v) is 14.4. The maximum atomic E-state index is 14.3. The van der Waals surface area contributed by atoms with Gasteiger partial charge in [-0.1, -0.05) is 54.0 Å². The molecule has 0 saturated heterocycles. The SMILES string of the molecule is CN(O)C(=O)[C@@]1(C)CC[C@]2(C)CC[C@]3(C)C(=CC(=O)[C@@H]4[C@@]5(C)CC[C@H](N)C(C)(C)C5CC[C@]43C)[C@H]2C1. The predicted molar refractivity (Wildman–Crippen MR) is 142 cm³/mol. The number of hydroxylamine groups is 2. The van der Waals surface area contributed by atoms with E-state index >= 15 is 0 Å². The van der Waals surface area contributed by atoms with E-state index in [1.807, 2.05) is 6.92 Å². The third-order valence-electron chi connectivity index (χ3n) is 13.5. The maximum Gasteiger partial charge on any atom is 0.251 e. The fourth-order valence-electron chi connectivity index (χ4n) is 10.8. The summed E-state index contributed by atoms with van der Waals surface area (Å²) in [6, 6.07) is 0.192. The van der Waals surface area contributed by atoms with Crippen LogP contribution in [0.25, 0.3) is 0 Å². The molecule has 1 amide bonds. The van der Waals surface area contributed by atoms with Crippen molar-refractivity contribution in [2.24, 2.45) is 56.0 Å². The van der Waals surface area contributed by atoms with Crippen molar-refractivity contribution < 1.29 is 14.8 Å². The molecule has 0 aliphatic heterocycles. The number of nitrogens with zero attached hydrogens (tertiary/aromatic N) is 1. The molecule has 5 heteroatoms. The summed E-state index contributed by atoms with van der Waals surface area (Å²) in [7, 11) is 1.44. The Morgan fingerprint density at radius 2 is 1.61 bits per heavy atom. The maximum absolute atomic E-state index is 14.3. The van der Waals surface area contributed by atoms with Crippen LogP contribution in [0.5, 0.6) is 0 Å². The van der Waals surface area contributed by atoms with Crippen LogP contribution in [0.4, 0.5) is 0 Å². The average Bonchev–Trinajstić information content (AvgIpc) is 2.78. The zero-order chi connectivity index (χ0) is 26.7. The first-order valence-electron chi connectivity index (χ1n) is 14.4. The van der Waals surface area contributed by atoms with Crippen LogP contribution in [0.15, 0.2) is 11.6 Å². The van der Waals surface area contributed by atoms with Crippen LogP contribution in [0.2, 0.25) is 0 Å². The number of carbonyl (C=O) groups excluding carboxylic acids is 2. The van der Waals surface area contributed by atoms with Crippen molar-refractivity contribution in [1.29, 1.82) is 0 Å². The Balaban J connectivity index is 1.60. The van der Waals surface area contributed by atoms with Gasteiger partial charge in [-0.05, 0) is 103 Å². The van der Waals surface area contributed by atoms with Gasteiger partial charge in [0.05, 0.1) is 0 Å². The van der Waals surface area contributed by atoms with Crippen LogP contribution in [0.1, 0.15) is 106 Å². The van der Waals surface area contributed by atoms with Gasteiger partial charge in [0.2, 0.25) is 0 Å². The Labute approximate surface area is 218 Å². The van der Waals surface area contributed by atoms with E-state index in [2.05, 4.69) is 47.6 Å². The number of allylic oxidation sites excluding steroid dienone is 2. The van der Waals surface area contributed by atoms with Gasteiger partial charge in [-0.15, -0.1) is 0 Å². The zero-order valence-electron chi connectivity index (χ0n) is 24.0. The predicted octanol–water partition coefficient (Wildman–Crippen LogP) is 6.14. The molecule has 9 atom stereocenters. The van der Waals surface area contributed by atoms with E-state index < -0.39 is 5.41 Å². The Bertz CT molecular complexity index is 1020. The fourth-order valence-corrected chi connectivity index (χ4v) is 10.8. The topological polar surface area (TPSA) is 83.6 Å². The summed E-state index contributed by atoms with van der Waals surface area (Å²) in [6.07, 6.45) is 11.0. The average molecular weight is 499 g/mol. The van der Waals surface area contributed by atoms with Gasteiger partial charge in [0.1, 0.15) is 0 Å². The lowest BCUT2D eigenvalue weighted by Crippen LogP contribution is -2.67. The summed E-state index contributed by atoms with van der Waals surface area (Å²) in [5, 5.41) is 10.8. The Morgan fingerprint density at radius 1 is 0.972 bits per heavy atom. The number of hydrogen-bond acceptors (Lipinski definition) is 4. The Morgan fingerprint density at radius 3 is 2.25 bits per heavy atom. The van der Waals surface area contributed by atoms with Crippen LogP contribution in [0.3, 0.4) is 0 Å². The van der Waals surface area contributed by atoms with Crippen molar-refractivity contribution in [3.05, 3.63) is 11.6 Å². The van der Waals surface area contributed by atoms with Gasteiger partial charge in [-0.25, -0.2) is 5.06 Å². The third kappa shape index (κ3) is 3.14. The summed E-state index contributed by atoms with van der Waals surface area (Å²) < 4.78 is 0. The van der Waals surface area contributed by atoms with Crippen molar-refractivity contribution >= 4 is 11.7 Å². The van der Waals surface area contributed by atoms with Gasteiger partial charge in [0, 0.05) is 24.4 Å². The molecule has 1 unspecified atom stereocenters. The molecule has 4 fully saturated rings. The van der Waals surface area contributed by atoms with Gasteiger partial charge in [0.25, 0.3) is 5.91 Å². The minimum absolute atomic E-state index is 0.0220. The van der Waals surface area contributed by atoms with Gasteiger partial charge >= 0.3 is 0 Å². The number of amides is 1. The molecule has 0 aromatic rings. The molecule has 5 aliphatic carbocycles. The summed E-state index contributed by atoms with van der Waals surface area (Å²) >= 11 is 0. The van der Waals surface area contributed by atoms with Crippen molar-refractivity contribution in [1.82, 2.24) is 5.06 Å². The lowest BCUT2D eigenvalue weighted by Gasteiger charge is -2.70. The van der Waals surface area contributed by atoms with E-state index in [1.165, 1.54) is 12.6 Å². The molecule has 3 N–H and O–H groups in total. The number of nitrogens with two attached hydrogens (primary N) is 1. The number of rotatable bonds is 1. The minimum Gasteiger partial charge on any atom is -0.327 e. The van der Waals surface area contributed by atoms with Gasteiger partial charge in [-0.2, -0.15) is 0 Å². The Hall–Kier alpha value is -1.20. The molecule has 36 heavy (non-hydrogen) atoms. The van der Waals surface area contributed by atoms with E-state index in [-0.39, 0.29) is 50.9 Å². The number of ketones is 1. The third-order valence-corrected chi connectivity index (χ3v) is 13.5. The van der Waals surface area contributed by atoms with Gasteiger partial charge in [-0.3, -0.25) is 14.8 Å². The molecule has 5 rings (SSSR count). The summed E-state index contributed by atoms with van der Waals surface area (Å²) in [6.45, 7) is 16.4. The van der Waals surface area contributed by atoms with Crippen LogP contribution >= 0.6 is 0 Å². The summed E-state index contributed by atoms with van der Waals surface area (Å²) in [4.78, 5) is 27.4. The second kappa shape index (κ2) is 7.68. The number of hydrogen-bond donors (Lipinski definition) is 2. The number of carbonyl (C=O) groups is 2. The largest absolute Gasteiger partial charge is 0.327 e. The molecule has 0 heterocycles. The van der Waals surface area contributed by atoms with Crippen LogP contribution in [-0.4, -0.2) is 35.1 Å². The van der Waals surface area contributed by atoms with Crippen molar-refractivity contribution in [3.63, 3.8) is 0 Å². The second-order valence-corrected chi connectivity index (χ2v) is 15.5. The minimum atomic E-state index is -0.596. The van der Waals surface area contributed by atoms with Gasteiger partial charge in [0.15, 0.2) is 5.78 Å². The molecule has 202 valence electrons. The second-order valence-electron chi connectivity index (χ2n) is 15.5. The highest BCUT2D eigenvalue weighted by Crippen LogP contribution is 2.75. The Kier molecular flexibility index (Phi) is 5.64. The normalized spacial score (nSPS) is 51.7. The van der Waals surface area contributed by atoms with E-state index in [1.54, 1.807) is 0 Å². The molecular weight excluding hydrogens is 448 g/mol. The van der Waals surface area contributed by atoms with Crippen LogP contribution < -0.4 is 5.73 Å². The molecule has 0 bridgehead atoms. The smallest absolute Gasteiger partial charge is 0.251 e. The van der Waals surface area contributed by atoms with E-state index in [0.717, 1.165) is 56.4 Å². The van der Waals surface area contributed by atoms with Gasteiger partial charge < -0.3 is 5.73 Å². The molecule has 5 nitrogen and oxygen atoms in total. The highest BCUT2D eigenvalue weighted by atomic mass is 16.5. The highest BCUT2D eigenvalue weighted by molar-refractivity contribution is 5.95. The zero-order valence-corrected chi connectivity index (χ0v) is 24.0. The molecule has 4 saturated carbocycles. The molecule has 0 radical (unpaired) electrons. The lowest BCUT2D eigenvalue weighted by molar-refractivity contribution is -0.190. The molecular formula is C31H50N2O3. The van der Waals surface area contributed by atoms with E-state index in [9.17, 15) is 14.8 Å². The van der Waals surface area contributed by atoms with Crippen molar-refractivity contribution in [3.8, 4) is 0 Å². The monoisotopic (exact) mass is 498 g/mol. The van der Waals surface area contributed by atoms with Crippen LogP contribution in [0, 0.1) is 50.2 Å². The standard InChI is InChI=1S/C31H50N2O3/c1-26(2)22-9-12-31(7)24(29(22,5)11-10-23(26)32)21(34)17-19-20-18-28(4,25(35)33(8)36)14-13-27(20,3)15-16-30(19,31)6/h17,20,22-24,36H,9-16,18,32H2,1-8H3/t20-,22?,23+,24-,27-,28+,29+,30-,31-/m1/s1. The molecule has 0 spiro atoms. The fraction of sp³-hybridized carbons (Fsp3) is 0.871. The van der Waals surface area contributed by atoms with E-state index in [4.69, 9.17) is 5.73 Å². The summed E-state index contributed by atoms with van der Waals surface area (Å²) in [5.74, 6) is 0.804. The lowest BCUT2D eigenvalue weighted by atomic mass is 9.33. The molecule has 0 aromatic heterocycles. The molecule has 5 aliphatic rings. The van der Waals surface area contributed by atoms with E-state index in [0.29, 0.717) is 18.1 Å². The number of fused-ring (bicyclic) bond motifs is 7. The molecule has 0 aromatic carbocycles. The van der Waals surface area contributed by atoms with Crippen molar-refractivity contribution in [2.45, 2.75) is 112 Å².